The van der Waals surface area contributed by atoms with Gasteiger partial charge < -0.3 is 0 Å². The zero-order chi connectivity index (χ0) is 12.3. The molecule has 0 aliphatic rings. The molecule has 15 heavy (non-hydrogen) atoms. The van der Waals surface area contributed by atoms with E-state index in [9.17, 15) is 0 Å². The van der Waals surface area contributed by atoms with Gasteiger partial charge in [0.1, 0.15) is 0 Å². The Kier molecular flexibility index (Phi) is 8.57. The van der Waals surface area contributed by atoms with E-state index in [0.29, 0.717) is 0 Å². The van der Waals surface area contributed by atoms with E-state index in [0.717, 1.165) is 0 Å². The molecule has 88 valence electrons. The van der Waals surface area contributed by atoms with Crippen LogP contribution in [0.25, 0.3) is 0 Å². The molecule has 0 N–H and O–H groups in total. The van der Waals surface area contributed by atoms with Gasteiger partial charge in [-0.25, -0.2) is 0 Å². The van der Waals surface area contributed by atoms with Crippen molar-refractivity contribution in [3.05, 3.63) is 0 Å². The number of rotatable bonds is 9. The third-order valence-corrected chi connectivity index (χ3v) is 16.0. The van der Waals surface area contributed by atoms with E-state index in [1.807, 2.05) is 0 Å². The van der Waals surface area contributed by atoms with Gasteiger partial charge in [-0.2, -0.15) is 0 Å². The molecule has 0 saturated heterocycles. The predicted octanol–water partition coefficient (Wildman–Crippen LogP) is 5.01. The third kappa shape index (κ3) is 6.51. The SMILES string of the molecule is [2H][14C]#[14C][Sn]([CH2]CCC)([CH2]CCC)[CH2]CCC. The second-order valence-electron chi connectivity index (χ2n) is 4.72. The Balaban J connectivity index is 4.50. The van der Waals surface area contributed by atoms with Gasteiger partial charge in [0.25, 0.3) is 0 Å². The quantitative estimate of drug-likeness (QED) is 0.414. The predicted molar refractivity (Wildman–Crippen MR) is 73.7 cm³/mol. The molecule has 0 nitrogen and oxygen atoms in total. The summed E-state index contributed by atoms with van der Waals surface area (Å²) in [5.74, 6) is 0. The van der Waals surface area contributed by atoms with Crippen LogP contribution in [-0.2, 0) is 0 Å². The fourth-order valence-corrected chi connectivity index (χ4v) is 14.1. The van der Waals surface area contributed by atoms with E-state index in [1.165, 1.54) is 51.8 Å². The van der Waals surface area contributed by atoms with Crippen LogP contribution >= 0.6 is 0 Å². The second kappa shape index (κ2) is 9.58. The van der Waals surface area contributed by atoms with Gasteiger partial charge in [0.2, 0.25) is 0 Å². The number of hydrogen-bond acceptors (Lipinski definition) is 0. The fourth-order valence-electron chi connectivity index (χ4n) is 2.11. The average Bonchev–Trinajstić information content (AvgIpc) is 2.31. The van der Waals surface area contributed by atoms with Crippen LogP contribution in [0.5, 0.6) is 0 Å². The van der Waals surface area contributed by atoms with Gasteiger partial charge in [0, 0.05) is 0 Å². The molecular formula is C14H28Sn. The minimum absolute atomic E-state index is 1.29. The Labute approximate surface area is 103 Å². The van der Waals surface area contributed by atoms with Crippen LogP contribution in [0.4, 0.5) is 0 Å². The van der Waals surface area contributed by atoms with Crippen molar-refractivity contribution in [2.24, 2.45) is 0 Å². The zero-order valence-corrected chi connectivity index (χ0v) is 13.7. The molecule has 0 aliphatic carbocycles. The summed E-state index contributed by atoms with van der Waals surface area (Å²) < 4.78 is 14.9. The van der Waals surface area contributed by atoms with E-state index < -0.39 is 18.4 Å². The molecule has 0 saturated carbocycles. The molecule has 0 heterocycles. The van der Waals surface area contributed by atoms with Gasteiger partial charge in [0.15, 0.2) is 0 Å². The van der Waals surface area contributed by atoms with Crippen molar-refractivity contribution in [1.82, 2.24) is 0 Å². The Morgan fingerprint density at radius 3 is 1.60 bits per heavy atom. The van der Waals surface area contributed by atoms with Gasteiger partial charge >= 0.3 is 103 Å². The summed E-state index contributed by atoms with van der Waals surface area (Å²) in [6, 6.07) is 0. The summed E-state index contributed by atoms with van der Waals surface area (Å²) in [5.41, 5.74) is 0. The zero-order valence-electron chi connectivity index (χ0n) is 11.9. The van der Waals surface area contributed by atoms with Gasteiger partial charge in [0.05, 0.1) is 0 Å². The van der Waals surface area contributed by atoms with Crippen molar-refractivity contribution in [1.29, 1.82) is 0 Å². The maximum atomic E-state index is 7.26. The first-order chi connectivity index (χ1) is 7.74. The molecule has 0 aliphatic heterocycles. The summed E-state index contributed by atoms with van der Waals surface area (Å²) in [6.45, 7) is 6.80. The summed E-state index contributed by atoms with van der Waals surface area (Å²) in [4.78, 5) is 0. The van der Waals surface area contributed by atoms with Crippen LogP contribution in [-0.4, -0.2) is 18.4 Å². The molecule has 0 aromatic carbocycles. The van der Waals surface area contributed by atoms with Crippen molar-refractivity contribution < 1.29 is 1.37 Å². The first-order valence-electron chi connectivity index (χ1n) is 7.18. The molecule has 0 amide bonds. The summed E-state index contributed by atoms with van der Waals surface area (Å²) in [7, 11) is 0. The van der Waals surface area contributed by atoms with Gasteiger partial charge in [-0.05, 0) is 0 Å². The monoisotopic (exact) mass is 321 g/mol. The maximum absolute atomic E-state index is 7.26. The Morgan fingerprint density at radius 1 is 0.933 bits per heavy atom. The van der Waals surface area contributed by atoms with Crippen LogP contribution in [0.1, 0.15) is 60.7 Å². The van der Waals surface area contributed by atoms with Crippen LogP contribution in [0.15, 0.2) is 0 Å². The van der Waals surface area contributed by atoms with E-state index >= 15 is 0 Å². The normalized spacial score (nSPS) is 11.8. The molecule has 0 unspecified atom stereocenters. The van der Waals surface area contributed by atoms with Gasteiger partial charge in [-0.3, -0.25) is 0 Å². The third-order valence-electron chi connectivity index (χ3n) is 3.29. The molecule has 0 rings (SSSR count). The van der Waals surface area contributed by atoms with Crippen molar-refractivity contribution in [3.8, 4) is 10.3 Å². The standard InChI is InChI=1S/3C4H9.C2H.Sn/c3*1-3-4-2;1-2;/h3*1,3-4H2,2H3;1H;/i;;;1+2D,2+2;. The summed E-state index contributed by atoms with van der Waals surface area (Å²) in [5, 5.41) is 0. The molecule has 1 heteroatoms. The Morgan fingerprint density at radius 2 is 1.33 bits per heavy atom. The molecular weight excluding hydrogens is 291 g/mol. The van der Waals surface area contributed by atoms with E-state index in [4.69, 9.17) is 1.37 Å². The minimum atomic E-state index is -2.21. The second-order valence-corrected chi connectivity index (χ2v) is 17.0. The van der Waals surface area contributed by atoms with Crippen molar-refractivity contribution >= 4 is 18.4 Å². The first kappa shape index (κ1) is 13.4. The fraction of sp³-hybridized carbons (Fsp3) is 0.857. The molecule has 0 bridgehead atoms. The van der Waals surface area contributed by atoms with Crippen molar-refractivity contribution in [2.45, 2.75) is 72.6 Å². The molecule has 0 radical (unpaired) electrons. The van der Waals surface area contributed by atoms with E-state index in [1.54, 1.807) is 0 Å². The van der Waals surface area contributed by atoms with Crippen LogP contribution in [0.2, 0.25) is 13.3 Å². The summed E-state index contributed by atoms with van der Waals surface area (Å²) >= 11 is -2.21. The van der Waals surface area contributed by atoms with Crippen molar-refractivity contribution in [2.75, 3.05) is 0 Å². The number of terminal acetylenes is 1. The van der Waals surface area contributed by atoms with E-state index in [-0.39, 0.29) is 0 Å². The van der Waals surface area contributed by atoms with Crippen molar-refractivity contribution in [3.63, 3.8) is 0 Å². The molecule has 0 aromatic heterocycles. The Hall–Kier alpha value is 0.359. The molecule has 0 aromatic rings. The summed E-state index contributed by atoms with van der Waals surface area (Å²) in [6.07, 6.45) is 10.4. The van der Waals surface area contributed by atoms with Crippen LogP contribution < -0.4 is 0 Å². The number of unbranched alkanes of at least 4 members (excludes halogenated alkanes) is 3. The molecule has 0 fully saturated rings. The van der Waals surface area contributed by atoms with Gasteiger partial charge in [-0.1, -0.05) is 0 Å². The van der Waals surface area contributed by atoms with Crippen LogP contribution in [0.3, 0.4) is 0 Å². The Bertz CT molecular complexity index is 193. The molecule has 0 spiro atoms. The van der Waals surface area contributed by atoms with Crippen LogP contribution in [0, 0.1) is 10.3 Å². The average molecular weight is 320 g/mol. The number of hydrogen-bond donors (Lipinski definition) is 0. The topological polar surface area (TPSA) is 0 Å². The molecule has 0 atom stereocenters. The van der Waals surface area contributed by atoms with Gasteiger partial charge in [-0.15, -0.1) is 0 Å². The first-order valence-corrected chi connectivity index (χ1v) is 14.2. The van der Waals surface area contributed by atoms with E-state index in [2.05, 4.69) is 31.1 Å².